The molecule has 1 atom stereocenters. The van der Waals surface area contributed by atoms with Crippen molar-refractivity contribution in [1.82, 2.24) is 15.1 Å². The second-order valence-electron chi connectivity index (χ2n) is 6.79. The van der Waals surface area contributed by atoms with Gasteiger partial charge in [0.2, 0.25) is 0 Å². The molecule has 2 aliphatic rings. The van der Waals surface area contributed by atoms with E-state index in [0.29, 0.717) is 12.3 Å². The lowest BCUT2D eigenvalue weighted by molar-refractivity contribution is -0.129. The van der Waals surface area contributed by atoms with E-state index in [2.05, 4.69) is 5.32 Å². The fourth-order valence-corrected chi connectivity index (χ4v) is 3.60. The Kier molecular flexibility index (Phi) is 6.69. The Morgan fingerprint density at radius 3 is 2.39 bits per heavy atom. The number of likely N-dealkylation sites (tertiary alicyclic amines) is 1. The lowest BCUT2D eigenvalue weighted by atomic mass is 9.84. The van der Waals surface area contributed by atoms with E-state index in [1.165, 1.54) is 26.3 Å². The number of amides is 3. The summed E-state index contributed by atoms with van der Waals surface area (Å²) in [5, 5.41) is 11.9. The number of likely N-dealkylation sites (N-methyl/N-ethyl adjacent to an activating group) is 1. The summed E-state index contributed by atoms with van der Waals surface area (Å²) in [6, 6.07) is -0.748. The van der Waals surface area contributed by atoms with Crippen LogP contribution in [0.3, 0.4) is 0 Å². The van der Waals surface area contributed by atoms with Gasteiger partial charge >= 0.3 is 6.03 Å². The van der Waals surface area contributed by atoms with Gasteiger partial charge < -0.3 is 10.2 Å². The number of nitrogens with one attached hydrogen (secondary N) is 1. The molecule has 0 spiro atoms. The van der Waals surface area contributed by atoms with E-state index in [-0.39, 0.29) is 11.9 Å². The first-order chi connectivity index (χ1) is 11.1. The van der Waals surface area contributed by atoms with Crippen LogP contribution in [0.1, 0.15) is 57.8 Å². The third-order valence-electron chi connectivity index (χ3n) is 5.01. The fourth-order valence-electron chi connectivity index (χ4n) is 3.60. The topological polar surface area (TPSA) is 76.4 Å². The van der Waals surface area contributed by atoms with Crippen LogP contribution in [0.2, 0.25) is 0 Å². The molecule has 0 unspecified atom stereocenters. The molecule has 1 N–H and O–H groups in total. The largest absolute Gasteiger partial charge is 0.326 e. The second kappa shape index (κ2) is 8.76. The molecule has 1 aliphatic carbocycles. The normalized spacial score (nSPS) is 20.4. The third-order valence-corrected chi connectivity index (χ3v) is 5.01. The average Bonchev–Trinajstić information content (AvgIpc) is 2.61. The first-order valence-electron chi connectivity index (χ1n) is 8.84. The summed E-state index contributed by atoms with van der Waals surface area (Å²) < 4.78 is 0. The average molecular weight is 320 g/mol. The second-order valence-corrected chi connectivity index (χ2v) is 6.79. The minimum atomic E-state index is -0.586. The molecule has 2 rings (SSSR count). The van der Waals surface area contributed by atoms with Crippen molar-refractivity contribution in [3.05, 3.63) is 0 Å². The molecule has 1 aliphatic heterocycles. The highest BCUT2D eigenvalue weighted by atomic mass is 16.2. The number of carbonyl (C=O) groups is 2. The molecule has 128 valence electrons. The van der Waals surface area contributed by atoms with Gasteiger partial charge in [-0.2, -0.15) is 5.26 Å². The molecule has 1 saturated carbocycles. The minimum Gasteiger partial charge on any atom is -0.326 e. The van der Waals surface area contributed by atoms with Gasteiger partial charge in [-0.05, 0) is 31.6 Å². The highest BCUT2D eigenvalue weighted by Crippen LogP contribution is 2.27. The van der Waals surface area contributed by atoms with Gasteiger partial charge in [0.1, 0.15) is 6.04 Å². The van der Waals surface area contributed by atoms with E-state index in [1.54, 1.807) is 4.90 Å². The van der Waals surface area contributed by atoms with Gasteiger partial charge in [-0.3, -0.25) is 9.69 Å². The first-order valence-corrected chi connectivity index (χ1v) is 8.84. The van der Waals surface area contributed by atoms with Crippen molar-refractivity contribution < 1.29 is 9.59 Å². The number of nitrogens with zero attached hydrogens (tertiary/aromatic N) is 3. The van der Waals surface area contributed by atoms with E-state index < -0.39 is 6.04 Å². The molecule has 6 heteroatoms. The number of piperidine rings is 1. The zero-order valence-electron chi connectivity index (χ0n) is 14.1. The van der Waals surface area contributed by atoms with Gasteiger partial charge in [0.25, 0.3) is 5.91 Å². The number of nitriles is 1. The third kappa shape index (κ3) is 5.12. The molecule has 6 nitrogen and oxygen atoms in total. The van der Waals surface area contributed by atoms with Gasteiger partial charge in [0.15, 0.2) is 6.19 Å². The summed E-state index contributed by atoms with van der Waals surface area (Å²) in [6.45, 7) is 1.51. The van der Waals surface area contributed by atoms with Gasteiger partial charge in [0, 0.05) is 20.1 Å². The maximum Gasteiger partial charge on any atom is 0.318 e. The molecule has 3 amide bonds. The molecule has 0 aromatic carbocycles. The molecule has 0 aromatic heterocycles. The van der Waals surface area contributed by atoms with E-state index >= 15 is 0 Å². The van der Waals surface area contributed by atoms with Crippen molar-refractivity contribution in [3.8, 4) is 6.19 Å². The van der Waals surface area contributed by atoms with E-state index in [4.69, 9.17) is 5.26 Å². The Labute approximate surface area is 138 Å². The van der Waals surface area contributed by atoms with Crippen molar-refractivity contribution in [2.75, 3.05) is 20.1 Å². The molecule has 0 bridgehead atoms. The molecule has 0 radical (unpaired) electrons. The standard InChI is InChI=1S/C17H28N4O2/c1-20(13-18)16(22)15(12-14-8-4-2-5-9-14)19-17(23)21-10-6-3-7-11-21/h14-15H,2-12H2,1H3,(H,19,23)/t15-/m0/s1. The summed E-state index contributed by atoms with van der Waals surface area (Å²) >= 11 is 0. The van der Waals surface area contributed by atoms with Crippen molar-refractivity contribution in [2.45, 2.75) is 63.8 Å². The number of hydrogen-bond acceptors (Lipinski definition) is 3. The Bertz CT molecular complexity index is 448. The monoisotopic (exact) mass is 320 g/mol. The summed E-state index contributed by atoms with van der Waals surface area (Å²) in [6.07, 6.45) is 11.6. The van der Waals surface area contributed by atoms with Crippen molar-refractivity contribution >= 4 is 11.9 Å². The lowest BCUT2D eigenvalue weighted by Gasteiger charge is -2.31. The molecule has 0 aromatic rings. The quantitative estimate of drug-likeness (QED) is 0.638. The zero-order valence-corrected chi connectivity index (χ0v) is 14.1. The Balaban J connectivity index is 1.98. The van der Waals surface area contributed by atoms with Crippen LogP contribution in [0.15, 0.2) is 0 Å². The van der Waals surface area contributed by atoms with E-state index in [0.717, 1.165) is 50.1 Å². The number of rotatable bonds is 4. The Morgan fingerprint density at radius 1 is 1.17 bits per heavy atom. The number of urea groups is 1. The summed E-state index contributed by atoms with van der Waals surface area (Å²) in [7, 11) is 1.46. The SMILES string of the molecule is CN(C#N)C(=O)[C@H](CC1CCCCC1)NC(=O)N1CCCCC1. The minimum absolute atomic E-state index is 0.162. The van der Waals surface area contributed by atoms with Crippen LogP contribution in [0, 0.1) is 17.4 Å². The Morgan fingerprint density at radius 2 is 1.78 bits per heavy atom. The van der Waals surface area contributed by atoms with Crippen molar-refractivity contribution in [3.63, 3.8) is 0 Å². The van der Waals surface area contributed by atoms with Crippen molar-refractivity contribution in [1.29, 1.82) is 5.26 Å². The van der Waals surface area contributed by atoms with Gasteiger partial charge in [-0.25, -0.2) is 4.79 Å². The van der Waals surface area contributed by atoms with Crippen LogP contribution >= 0.6 is 0 Å². The maximum absolute atomic E-state index is 12.4. The predicted octanol–water partition coefficient (Wildman–Crippen LogP) is 2.46. The van der Waals surface area contributed by atoms with Crippen LogP contribution in [0.5, 0.6) is 0 Å². The van der Waals surface area contributed by atoms with Crippen LogP contribution in [0.4, 0.5) is 4.79 Å². The molecule has 1 heterocycles. The fraction of sp³-hybridized carbons (Fsp3) is 0.824. The molecule has 1 saturated heterocycles. The maximum atomic E-state index is 12.4. The molecule has 23 heavy (non-hydrogen) atoms. The van der Waals surface area contributed by atoms with Crippen LogP contribution in [0.25, 0.3) is 0 Å². The summed E-state index contributed by atoms with van der Waals surface area (Å²) in [5.74, 6) is 0.162. The first kappa shape index (κ1) is 17.6. The van der Waals surface area contributed by atoms with Gasteiger partial charge in [-0.15, -0.1) is 0 Å². The molecular formula is C17H28N4O2. The Hall–Kier alpha value is -1.77. The highest BCUT2D eigenvalue weighted by molar-refractivity contribution is 5.87. The number of carbonyl (C=O) groups excluding carboxylic acids is 2. The number of hydrogen-bond donors (Lipinski definition) is 1. The highest BCUT2D eigenvalue weighted by Gasteiger charge is 2.29. The lowest BCUT2D eigenvalue weighted by Crippen LogP contribution is -2.52. The van der Waals surface area contributed by atoms with Crippen LogP contribution in [-0.2, 0) is 4.79 Å². The summed E-state index contributed by atoms with van der Waals surface area (Å²) in [5.41, 5.74) is 0. The van der Waals surface area contributed by atoms with Crippen LogP contribution < -0.4 is 5.32 Å². The van der Waals surface area contributed by atoms with Crippen LogP contribution in [-0.4, -0.2) is 47.9 Å². The molecule has 2 fully saturated rings. The summed E-state index contributed by atoms with van der Waals surface area (Å²) in [4.78, 5) is 27.7. The van der Waals surface area contributed by atoms with E-state index in [9.17, 15) is 9.59 Å². The smallest absolute Gasteiger partial charge is 0.318 e. The van der Waals surface area contributed by atoms with Crippen molar-refractivity contribution in [2.24, 2.45) is 5.92 Å². The molecular weight excluding hydrogens is 292 g/mol. The van der Waals surface area contributed by atoms with Gasteiger partial charge in [-0.1, -0.05) is 32.1 Å². The van der Waals surface area contributed by atoms with E-state index in [1.807, 2.05) is 6.19 Å². The van der Waals surface area contributed by atoms with Gasteiger partial charge in [0.05, 0.1) is 0 Å². The zero-order chi connectivity index (χ0) is 16.7. The predicted molar refractivity (Wildman–Crippen MR) is 87.3 cm³/mol.